The molecule has 0 fully saturated rings. The highest BCUT2D eigenvalue weighted by Crippen LogP contribution is 2.48. The minimum atomic E-state index is -4.74. The van der Waals surface area contributed by atoms with E-state index < -0.39 is 11.7 Å². The molecule has 0 radical (unpaired) electrons. The van der Waals surface area contributed by atoms with Crippen LogP contribution in [-0.2, 0) is 25.8 Å². The first-order valence-electron chi connectivity index (χ1n) is 16.0. The predicted molar refractivity (Wildman–Crippen MR) is 200 cm³/mol. The van der Waals surface area contributed by atoms with Crippen LogP contribution in [0.2, 0.25) is 5.02 Å². The largest absolute Gasteiger partial charge is 0.497 e. The van der Waals surface area contributed by atoms with Gasteiger partial charge in [0.2, 0.25) is 0 Å². The van der Waals surface area contributed by atoms with Crippen LogP contribution in [0.15, 0.2) is 88.2 Å². The summed E-state index contributed by atoms with van der Waals surface area (Å²) < 4.78 is 62.5. The van der Waals surface area contributed by atoms with Crippen molar-refractivity contribution in [1.29, 1.82) is 0 Å². The number of methoxy groups -OCH3 is 2. The number of halogens is 5. The molecule has 0 atom stereocenters. The number of anilines is 2. The lowest BCUT2D eigenvalue weighted by atomic mass is 9.97. The number of hydrogen-bond acceptors (Lipinski definition) is 10. The lowest BCUT2D eigenvalue weighted by Gasteiger charge is -2.29. The second-order valence-electron chi connectivity index (χ2n) is 12.0. The van der Waals surface area contributed by atoms with Crippen molar-refractivity contribution in [2.75, 3.05) is 31.1 Å². The first-order valence-corrected chi connectivity index (χ1v) is 18.0. The second kappa shape index (κ2) is 14.7. The molecule has 2 aliphatic heterocycles. The number of rotatable bonds is 10. The number of nitrogens with zero attached hydrogens (tertiary/aromatic N) is 5. The number of aliphatic imine (C=N–C) groups is 1. The number of ether oxygens (including phenoxy) is 3. The Morgan fingerprint density at radius 2 is 1.67 bits per heavy atom. The Morgan fingerprint density at radius 1 is 1.02 bits per heavy atom. The van der Waals surface area contributed by atoms with Crippen molar-refractivity contribution in [1.82, 2.24) is 14.9 Å². The van der Waals surface area contributed by atoms with Gasteiger partial charge in [-0.1, -0.05) is 35.9 Å². The Morgan fingerprint density at radius 3 is 2.25 bits per heavy atom. The smallest absolute Gasteiger partial charge is 0.418 e. The van der Waals surface area contributed by atoms with Gasteiger partial charge in [-0.15, -0.1) is 11.3 Å². The van der Waals surface area contributed by atoms with Gasteiger partial charge in [-0.3, -0.25) is 0 Å². The predicted octanol–water partition coefficient (Wildman–Crippen LogP) is 9.67. The standard InChI is InChI=1S/C37H31BrClF3N6O3S/c1-21-14-29(48(16-22-4-8-24(49-2)9-5-22)17-23-6-10-25(50-3)11-7-23)46-33(31(21)37(40,41)42)26-15-27-30-34(32(26)39)43-19-44-36(30)47(12-13-51-27)18-28-35(38)45-20-52-28/h4-15,20,43H,16-19H2,1-3H3. The van der Waals surface area contributed by atoms with Gasteiger partial charge in [-0.25, -0.2) is 15.0 Å². The molecule has 3 aromatic carbocycles. The van der Waals surface area contributed by atoms with Gasteiger partial charge in [0.15, 0.2) is 0 Å². The zero-order valence-corrected chi connectivity index (χ0v) is 31.3. The number of alkyl halides is 3. The van der Waals surface area contributed by atoms with E-state index in [4.69, 9.17) is 35.8 Å². The minimum absolute atomic E-state index is 0.000972. The van der Waals surface area contributed by atoms with Gasteiger partial charge >= 0.3 is 6.18 Å². The van der Waals surface area contributed by atoms with Crippen LogP contribution < -0.4 is 24.4 Å². The quantitative estimate of drug-likeness (QED) is 0.149. The molecule has 4 heterocycles. The fourth-order valence-corrected chi connectivity index (χ4v) is 7.77. The maximum absolute atomic E-state index is 15.0. The fraction of sp³-hybridized carbons (Fsp3) is 0.216. The Hall–Kier alpha value is -4.79. The van der Waals surface area contributed by atoms with Crippen LogP contribution in [0.4, 0.5) is 24.7 Å². The molecule has 0 unspecified atom stereocenters. The lowest BCUT2D eigenvalue weighted by molar-refractivity contribution is -0.137. The van der Waals surface area contributed by atoms with Crippen LogP contribution in [0.1, 0.15) is 32.7 Å². The van der Waals surface area contributed by atoms with E-state index in [1.54, 1.807) is 25.9 Å². The molecular weight excluding hydrogens is 781 g/mol. The van der Waals surface area contributed by atoms with Crippen molar-refractivity contribution in [3.05, 3.63) is 121 Å². The molecule has 7 rings (SSSR count). The maximum Gasteiger partial charge on any atom is 0.418 e. The van der Waals surface area contributed by atoms with Gasteiger partial charge in [0.05, 0.1) is 58.7 Å². The van der Waals surface area contributed by atoms with Gasteiger partial charge in [-0.2, -0.15) is 13.2 Å². The Balaban J connectivity index is 1.35. The number of amidine groups is 1. The van der Waals surface area contributed by atoms with Crippen LogP contribution in [0.25, 0.3) is 11.3 Å². The lowest BCUT2D eigenvalue weighted by Crippen LogP contribution is -2.30. The highest BCUT2D eigenvalue weighted by molar-refractivity contribution is 9.10. The Labute approximate surface area is 315 Å². The van der Waals surface area contributed by atoms with Gasteiger partial charge in [-0.05, 0) is 75.9 Å². The molecule has 52 heavy (non-hydrogen) atoms. The molecule has 2 aromatic heterocycles. The molecule has 9 nitrogen and oxygen atoms in total. The van der Waals surface area contributed by atoms with Gasteiger partial charge in [0.25, 0.3) is 0 Å². The van der Waals surface area contributed by atoms with E-state index in [9.17, 15) is 0 Å². The van der Waals surface area contributed by atoms with Crippen LogP contribution in [0.3, 0.4) is 0 Å². The molecule has 2 aliphatic rings. The summed E-state index contributed by atoms with van der Waals surface area (Å²) in [7, 11) is 3.18. The first kappa shape index (κ1) is 35.6. The zero-order chi connectivity index (χ0) is 36.6. The average molecular weight is 812 g/mol. The molecule has 1 N–H and O–H groups in total. The highest BCUT2D eigenvalue weighted by Gasteiger charge is 2.39. The van der Waals surface area contributed by atoms with Crippen molar-refractivity contribution in [3.63, 3.8) is 0 Å². The van der Waals surface area contributed by atoms with E-state index in [2.05, 4.69) is 26.2 Å². The third-order valence-electron chi connectivity index (χ3n) is 8.68. The summed E-state index contributed by atoms with van der Waals surface area (Å²) in [5.41, 5.74) is 3.37. The minimum Gasteiger partial charge on any atom is -0.497 e. The molecular formula is C37H31BrClF3N6O3S. The van der Waals surface area contributed by atoms with Gasteiger partial charge in [0.1, 0.15) is 46.4 Å². The van der Waals surface area contributed by atoms with Crippen LogP contribution in [-0.4, -0.2) is 41.6 Å². The summed E-state index contributed by atoms with van der Waals surface area (Å²) >= 11 is 12.1. The van der Waals surface area contributed by atoms with Gasteiger partial charge < -0.3 is 29.3 Å². The summed E-state index contributed by atoms with van der Waals surface area (Å²) in [4.78, 5) is 18.5. The molecule has 0 amide bonds. The van der Waals surface area contributed by atoms with E-state index >= 15 is 13.2 Å². The Kier molecular flexibility index (Phi) is 10.1. The van der Waals surface area contributed by atoms with Crippen molar-refractivity contribution in [2.45, 2.75) is 32.7 Å². The summed E-state index contributed by atoms with van der Waals surface area (Å²) in [6.45, 7) is 2.71. The Bertz CT molecular complexity index is 2130. The number of benzene rings is 3. The van der Waals surface area contributed by atoms with Crippen LogP contribution in [0.5, 0.6) is 17.2 Å². The molecule has 268 valence electrons. The van der Waals surface area contributed by atoms with E-state index in [0.29, 0.717) is 58.6 Å². The molecule has 0 saturated heterocycles. The van der Waals surface area contributed by atoms with Crippen molar-refractivity contribution in [3.8, 4) is 28.5 Å². The number of thiazole rings is 1. The van der Waals surface area contributed by atoms with E-state index in [1.165, 1.54) is 36.7 Å². The summed E-state index contributed by atoms with van der Waals surface area (Å²) in [5, 5.41) is 3.25. The number of hydrogen-bond donors (Lipinski definition) is 1. The summed E-state index contributed by atoms with van der Waals surface area (Å²) in [5.74, 6) is 2.57. The molecule has 0 aliphatic carbocycles. The topological polar surface area (TPSA) is 84.3 Å². The molecule has 0 saturated carbocycles. The van der Waals surface area contributed by atoms with E-state index in [0.717, 1.165) is 16.0 Å². The van der Waals surface area contributed by atoms with Crippen molar-refractivity contribution in [2.24, 2.45) is 4.99 Å². The van der Waals surface area contributed by atoms with Crippen molar-refractivity contribution >= 4 is 56.2 Å². The molecule has 5 aromatic rings. The third-order valence-corrected chi connectivity index (χ3v) is 10.8. The SMILES string of the molecule is COc1ccc(CN(Cc2ccc(OC)cc2)c2cc(C)c(C(F)(F)F)c(-c3cc4c5c(c3Cl)NCN=C5N(Cc3scnc3Br)C=CO4)n2)cc1. The number of pyridine rings is 1. The van der Waals surface area contributed by atoms with Gasteiger partial charge in [0, 0.05) is 24.9 Å². The van der Waals surface area contributed by atoms with Crippen LogP contribution >= 0.6 is 38.9 Å². The molecule has 0 spiro atoms. The first-order chi connectivity index (χ1) is 25.0. The number of aromatic nitrogens is 2. The molecule has 15 heteroatoms. The highest BCUT2D eigenvalue weighted by atomic mass is 79.9. The summed E-state index contributed by atoms with van der Waals surface area (Å²) in [6, 6.07) is 18.0. The average Bonchev–Trinajstić information content (AvgIpc) is 3.45. The zero-order valence-electron chi connectivity index (χ0n) is 28.1. The fourth-order valence-electron chi connectivity index (χ4n) is 6.17. The van der Waals surface area contributed by atoms with Crippen LogP contribution in [0, 0.1) is 6.92 Å². The number of aryl methyl sites for hydroxylation is 1. The normalized spacial score (nSPS) is 13.5. The number of nitrogens with one attached hydrogen (secondary N) is 1. The molecule has 0 bridgehead atoms. The monoisotopic (exact) mass is 810 g/mol. The van der Waals surface area contributed by atoms with E-state index in [-0.39, 0.29) is 34.3 Å². The maximum atomic E-state index is 15.0. The summed E-state index contributed by atoms with van der Waals surface area (Å²) in [6.07, 6.45) is -1.53. The second-order valence-corrected chi connectivity index (χ2v) is 14.0. The van der Waals surface area contributed by atoms with E-state index in [1.807, 2.05) is 58.3 Å². The van der Waals surface area contributed by atoms with Crippen molar-refractivity contribution < 1.29 is 27.4 Å². The third kappa shape index (κ3) is 7.14.